The van der Waals surface area contributed by atoms with Gasteiger partial charge in [-0.15, -0.1) is 0 Å². The van der Waals surface area contributed by atoms with Crippen molar-refractivity contribution in [2.24, 2.45) is 5.92 Å². The molecule has 0 bridgehead atoms. The van der Waals surface area contributed by atoms with Crippen LogP contribution in [0.4, 0.5) is 5.69 Å². The van der Waals surface area contributed by atoms with E-state index in [4.69, 9.17) is 0 Å². The van der Waals surface area contributed by atoms with Gasteiger partial charge in [0, 0.05) is 35.6 Å². The van der Waals surface area contributed by atoms with E-state index in [1.165, 1.54) is 18.2 Å². The van der Waals surface area contributed by atoms with Crippen LogP contribution in [0.25, 0.3) is 0 Å². The lowest BCUT2D eigenvalue weighted by Crippen LogP contribution is -2.30. The van der Waals surface area contributed by atoms with Gasteiger partial charge in [0.1, 0.15) is 0 Å². The number of nitrogens with zero attached hydrogens (tertiary/aromatic N) is 2. The van der Waals surface area contributed by atoms with E-state index in [-0.39, 0.29) is 23.1 Å². The highest BCUT2D eigenvalue weighted by atomic mass is 79.9. The molecular weight excluding hydrogens is 328 g/mol. The number of amides is 1. The van der Waals surface area contributed by atoms with Gasteiger partial charge in [0.05, 0.1) is 16.6 Å². The monoisotopic (exact) mass is 342 g/mol. The molecule has 1 aromatic carbocycles. The number of nitro benzene ring substituents is 1. The Balaban J connectivity index is 2.21. The van der Waals surface area contributed by atoms with Crippen LogP contribution in [-0.2, 0) is 0 Å². The van der Waals surface area contributed by atoms with E-state index in [2.05, 4.69) is 15.9 Å². The second-order valence-corrected chi connectivity index (χ2v) is 5.82. The van der Waals surface area contributed by atoms with Crippen LogP contribution in [0.3, 0.4) is 0 Å². The third kappa shape index (κ3) is 2.99. The average molecular weight is 343 g/mol. The molecule has 1 heterocycles. The van der Waals surface area contributed by atoms with Crippen LogP contribution in [0.5, 0.6) is 0 Å². The standard InChI is InChI=1S/C13H15BrN2O4/c1-8(17)9-4-5-15(7-9)13(18)11-6-10(16(19)20)2-3-12(11)14/h2-3,6,8-9,17H,4-5,7H2,1H3. The minimum Gasteiger partial charge on any atom is -0.393 e. The Morgan fingerprint density at radius 1 is 1.60 bits per heavy atom. The SMILES string of the molecule is CC(O)C1CCN(C(=O)c2cc([N+](=O)[O-])ccc2Br)C1. The fourth-order valence-corrected chi connectivity index (χ4v) is 2.74. The summed E-state index contributed by atoms with van der Waals surface area (Å²) in [4.78, 5) is 24.3. The predicted molar refractivity (Wildman–Crippen MR) is 76.5 cm³/mol. The fraction of sp³-hybridized carbons (Fsp3) is 0.462. The maximum Gasteiger partial charge on any atom is 0.270 e. The zero-order valence-corrected chi connectivity index (χ0v) is 12.5. The molecule has 108 valence electrons. The van der Waals surface area contributed by atoms with Gasteiger partial charge < -0.3 is 10.0 Å². The van der Waals surface area contributed by atoms with Gasteiger partial charge >= 0.3 is 0 Å². The summed E-state index contributed by atoms with van der Waals surface area (Å²) >= 11 is 3.25. The largest absolute Gasteiger partial charge is 0.393 e. The molecule has 1 N–H and O–H groups in total. The number of likely N-dealkylation sites (tertiary alicyclic amines) is 1. The average Bonchev–Trinajstić information content (AvgIpc) is 2.88. The van der Waals surface area contributed by atoms with Gasteiger partial charge in [0.25, 0.3) is 11.6 Å². The van der Waals surface area contributed by atoms with E-state index in [1.54, 1.807) is 11.8 Å². The zero-order valence-electron chi connectivity index (χ0n) is 11.0. The maximum absolute atomic E-state index is 12.4. The first-order chi connectivity index (χ1) is 9.40. The van der Waals surface area contributed by atoms with Crippen LogP contribution >= 0.6 is 15.9 Å². The van der Waals surface area contributed by atoms with Crippen molar-refractivity contribution in [3.8, 4) is 0 Å². The molecular formula is C13H15BrN2O4. The van der Waals surface area contributed by atoms with Crippen molar-refractivity contribution in [3.63, 3.8) is 0 Å². The van der Waals surface area contributed by atoms with E-state index in [0.717, 1.165) is 6.42 Å². The van der Waals surface area contributed by atoms with Crippen molar-refractivity contribution in [1.82, 2.24) is 4.90 Å². The summed E-state index contributed by atoms with van der Waals surface area (Å²) < 4.78 is 0.536. The van der Waals surface area contributed by atoms with Crippen LogP contribution in [0, 0.1) is 16.0 Å². The van der Waals surface area contributed by atoms with Gasteiger partial charge in [-0.25, -0.2) is 0 Å². The van der Waals surface area contributed by atoms with Crippen LogP contribution in [-0.4, -0.2) is 40.0 Å². The smallest absolute Gasteiger partial charge is 0.270 e. The van der Waals surface area contributed by atoms with Gasteiger partial charge in [0.2, 0.25) is 0 Å². The summed E-state index contributed by atoms with van der Waals surface area (Å²) in [5.41, 5.74) is 0.174. The van der Waals surface area contributed by atoms with Crippen molar-refractivity contribution in [3.05, 3.63) is 38.3 Å². The van der Waals surface area contributed by atoms with E-state index >= 15 is 0 Å². The molecule has 2 rings (SSSR count). The number of carbonyl (C=O) groups excluding carboxylic acids is 1. The van der Waals surface area contributed by atoms with Crippen LogP contribution in [0.2, 0.25) is 0 Å². The number of benzene rings is 1. The highest BCUT2D eigenvalue weighted by Gasteiger charge is 2.30. The molecule has 20 heavy (non-hydrogen) atoms. The first kappa shape index (κ1) is 14.9. The Morgan fingerprint density at radius 2 is 2.30 bits per heavy atom. The Kier molecular flexibility index (Phi) is 4.39. The molecule has 1 saturated heterocycles. The van der Waals surface area contributed by atoms with E-state index < -0.39 is 11.0 Å². The van der Waals surface area contributed by atoms with Gasteiger partial charge in [0.15, 0.2) is 0 Å². The second kappa shape index (κ2) is 5.88. The number of hydrogen-bond donors (Lipinski definition) is 1. The molecule has 0 aliphatic carbocycles. The molecule has 1 aromatic rings. The van der Waals surface area contributed by atoms with Crippen molar-refractivity contribution < 1.29 is 14.8 Å². The van der Waals surface area contributed by atoms with Crippen LogP contribution in [0.15, 0.2) is 22.7 Å². The molecule has 7 heteroatoms. The zero-order chi connectivity index (χ0) is 14.9. The summed E-state index contributed by atoms with van der Waals surface area (Å²) in [5.74, 6) is -0.180. The topological polar surface area (TPSA) is 83.7 Å². The third-order valence-corrected chi connectivity index (χ3v) is 4.28. The van der Waals surface area contributed by atoms with Crippen LogP contribution in [0.1, 0.15) is 23.7 Å². The number of rotatable bonds is 3. The number of carbonyl (C=O) groups is 1. The van der Waals surface area contributed by atoms with E-state index in [1.807, 2.05) is 0 Å². The highest BCUT2D eigenvalue weighted by molar-refractivity contribution is 9.10. The van der Waals surface area contributed by atoms with E-state index in [0.29, 0.717) is 17.6 Å². The minimum absolute atomic E-state index is 0.0661. The molecule has 6 nitrogen and oxygen atoms in total. The van der Waals surface area contributed by atoms with Gasteiger partial charge in [-0.1, -0.05) is 0 Å². The summed E-state index contributed by atoms with van der Waals surface area (Å²) in [6.45, 7) is 2.75. The molecule has 0 radical (unpaired) electrons. The lowest BCUT2D eigenvalue weighted by molar-refractivity contribution is -0.384. The lowest BCUT2D eigenvalue weighted by Gasteiger charge is -2.18. The Labute approximate surface area is 124 Å². The van der Waals surface area contributed by atoms with Crippen molar-refractivity contribution in [1.29, 1.82) is 0 Å². The summed E-state index contributed by atoms with van der Waals surface area (Å²) in [7, 11) is 0. The predicted octanol–water partition coefficient (Wildman–Crippen LogP) is 2.20. The first-order valence-corrected chi connectivity index (χ1v) is 7.10. The first-order valence-electron chi connectivity index (χ1n) is 6.31. The molecule has 0 saturated carbocycles. The normalized spacial score (nSPS) is 19.9. The molecule has 1 fully saturated rings. The Morgan fingerprint density at radius 3 is 2.85 bits per heavy atom. The Bertz CT molecular complexity index is 547. The molecule has 2 unspecified atom stereocenters. The number of nitro groups is 1. The van der Waals surface area contributed by atoms with Crippen molar-refractivity contribution >= 4 is 27.5 Å². The molecule has 2 atom stereocenters. The number of halogens is 1. The molecule has 1 aliphatic rings. The van der Waals surface area contributed by atoms with Gasteiger partial charge in [-0.2, -0.15) is 0 Å². The number of non-ortho nitro benzene ring substituents is 1. The third-order valence-electron chi connectivity index (χ3n) is 3.59. The fourth-order valence-electron chi connectivity index (χ4n) is 2.33. The second-order valence-electron chi connectivity index (χ2n) is 4.96. The number of aliphatic hydroxyl groups is 1. The summed E-state index contributed by atoms with van der Waals surface area (Å²) in [5, 5.41) is 20.3. The van der Waals surface area contributed by atoms with Crippen molar-refractivity contribution in [2.45, 2.75) is 19.4 Å². The molecule has 0 aromatic heterocycles. The Hall–Kier alpha value is -1.47. The molecule has 1 amide bonds. The van der Waals surface area contributed by atoms with Crippen molar-refractivity contribution in [2.75, 3.05) is 13.1 Å². The maximum atomic E-state index is 12.4. The highest BCUT2D eigenvalue weighted by Crippen LogP contribution is 2.27. The summed E-state index contributed by atoms with van der Waals surface area (Å²) in [6, 6.07) is 4.14. The minimum atomic E-state index is -0.522. The van der Waals surface area contributed by atoms with Crippen LogP contribution < -0.4 is 0 Å². The molecule has 0 spiro atoms. The quantitative estimate of drug-likeness (QED) is 0.674. The summed E-state index contributed by atoms with van der Waals surface area (Å²) in [6.07, 6.45) is 0.289. The van der Waals surface area contributed by atoms with Gasteiger partial charge in [-0.05, 0) is 35.3 Å². The number of aliphatic hydroxyl groups excluding tert-OH is 1. The molecule has 1 aliphatic heterocycles. The lowest BCUT2D eigenvalue weighted by atomic mass is 10.0. The van der Waals surface area contributed by atoms with Gasteiger partial charge in [-0.3, -0.25) is 14.9 Å². The van der Waals surface area contributed by atoms with E-state index in [9.17, 15) is 20.0 Å². The number of hydrogen-bond acceptors (Lipinski definition) is 4.